The van der Waals surface area contributed by atoms with Crippen molar-refractivity contribution in [2.75, 3.05) is 13.7 Å². The molecule has 0 aliphatic carbocycles. The number of ether oxygens (including phenoxy) is 1. The van der Waals surface area contributed by atoms with E-state index in [0.717, 1.165) is 29.4 Å². The Hall–Kier alpha value is -1.40. The standard InChI is InChI=1S/C13H17N3O2S/c1-17-9-7-11(19-8-9)13-15-12(16-18-13)10-5-3-2-4-6-14-10/h7-8,10,14H,2-6H2,1H3. The van der Waals surface area contributed by atoms with E-state index in [1.165, 1.54) is 19.3 Å². The highest BCUT2D eigenvalue weighted by molar-refractivity contribution is 7.13. The molecule has 1 aliphatic rings. The summed E-state index contributed by atoms with van der Waals surface area (Å²) >= 11 is 1.55. The molecule has 1 aliphatic heterocycles. The molecule has 0 saturated carbocycles. The van der Waals surface area contributed by atoms with Crippen molar-refractivity contribution >= 4 is 11.3 Å². The van der Waals surface area contributed by atoms with Crippen molar-refractivity contribution < 1.29 is 9.26 Å². The molecule has 1 atom stereocenters. The Morgan fingerprint density at radius 1 is 1.42 bits per heavy atom. The molecule has 3 heterocycles. The lowest BCUT2D eigenvalue weighted by molar-refractivity contribution is 0.402. The number of nitrogens with zero attached hydrogens (tertiary/aromatic N) is 2. The van der Waals surface area contributed by atoms with Gasteiger partial charge in [0.2, 0.25) is 0 Å². The Morgan fingerprint density at radius 2 is 2.37 bits per heavy atom. The fourth-order valence-corrected chi connectivity index (χ4v) is 3.04. The molecule has 3 rings (SSSR count). The van der Waals surface area contributed by atoms with Crippen molar-refractivity contribution in [2.24, 2.45) is 0 Å². The Kier molecular flexibility index (Phi) is 3.79. The molecule has 0 bridgehead atoms. The van der Waals surface area contributed by atoms with Crippen LogP contribution in [-0.4, -0.2) is 23.8 Å². The van der Waals surface area contributed by atoms with Gasteiger partial charge >= 0.3 is 0 Å². The van der Waals surface area contributed by atoms with Gasteiger partial charge in [-0.2, -0.15) is 4.98 Å². The van der Waals surface area contributed by atoms with Crippen LogP contribution in [0.1, 0.15) is 37.5 Å². The summed E-state index contributed by atoms with van der Waals surface area (Å²) < 4.78 is 10.5. The SMILES string of the molecule is COc1csc(-c2nc(C3CCCCCN3)no2)c1. The first kappa shape index (κ1) is 12.6. The van der Waals surface area contributed by atoms with E-state index in [4.69, 9.17) is 9.26 Å². The average molecular weight is 279 g/mol. The van der Waals surface area contributed by atoms with Gasteiger partial charge in [0, 0.05) is 11.4 Å². The fourth-order valence-electron chi connectivity index (χ4n) is 2.26. The number of rotatable bonds is 3. The van der Waals surface area contributed by atoms with Gasteiger partial charge in [-0.15, -0.1) is 11.3 Å². The van der Waals surface area contributed by atoms with Crippen LogP contribution in [0.4, 0.5) is 0 Å². The summed E-state index contributed by atoms with van der Waals surface area (Å²) in [4.78, 5) is 5.46. The van der Waals surface area contributed by atoms with Gasteiger partial charge in [-0.3, -0.25) is 0 Å². The normalized spacial score (nSPS) is 20.2. The number of aromatic nitrogens is 2. The van der Waals surface area contributed by atoms with Crippen molar-refractivity contribution in [1.29, 1.82) is 0 Å². The molecule has 0 amide bonds. The molecule has 5 nitrogen and oxygen atoms in total. The number of nitrogens with one attached hydrogen (secondary N) is 1. The maximum atomic E-state index is 5.36. The predicted molar refractivity (Wildman–Crippen MR) is 73.4 cm³/mol. The van der Waals surface area contributed by atoms with Crippen molar-refractivity contribution in [3.05, 3.63) is 17.3 Å². The lowest BCUT2D eigenvalue weighted by Gasteiger charge is -2.09. The van der Waals surface area contributed by atoms with E-state index in [0.29, 0.717) is 5.89 Å². The van der Waals surface area contributed by atoms with Crippen LogP contribution in [0.5, 0.6) is 5.75 Å². The Bertz CT molecular complexity index is 529. The minimum absolute atomic E-state index is 0.224. The summed E-state index contributed by atoms with van der Waals surface area (Å²) in [5, 5.41) is 9.52. The number of methoxy groups -OCH3 is 1. The molecule has 0 spiro atoms. The Balaban J connectivity index is 1.78. The second kappa shape index (κ2) is 5.71. The van der Waals surface area contributed by atoms with E-state index in [2.05, 4.69) is 15.5 Å². The number of hydrogen-bond donors (Lipinski definition) is 1. The summed E-state index contributed by atoms with van der Waals surface area (Å²) in [6, 6.07) is 2.14. The molecule has 0 radical (unpaired) electrons. The van der Waals surface area contributed by atoms with Crippen LogP contribution in [0.25, 0.3) is 10.8 Å². The zero-order chi connectivity index (χ0) is 13.1. The first-order chi connectivity index (χ1) is 9.36. The third kappa shape index (κ3) is 2.79. The van der Waals surface area contributed by atoms with E-state index in [-0.39, 0.29) is 6.04 Å². The minimum Gasteiger partial charge on any atom is -0.496 e. The Morgan fingerprint density at radius 3 is 3.21 bits per heavy atom. The molecule has 2 aromatic rings. The topological polar surface area (TPSA) is 60.2 Å². The van der Waals surface area contributed by atoms with E-state index in [1.54, 1.807) is 18.4 Å². The van der Waals surface area contributed by atoms with Crippen LogP contribution in [0, 0.1) is 0 Å². The predicted octanol–water partition coefficient (Wildman–Crippen LogP) is 3.01. The summed E-state index contributed by atoms with van der Waals surface area (Å²) in [6.45, 7) is 1.03. The summed E-state index contributed by atoms with van der Waals surface area (Å²) in [6.07, 6.45) is 4.79. The molecule has 1 unspecified atom stereocenters. The molecular formula is C13H17N3O2S. The molecule has 6 heteroatoms. The second-order valence-electron chi connectivity index (χ2n) is 4.66. The number of hydrogen-bond acceptors (Lipinski definition) is 6. The van der Waals surface area contributed by atoms with E-state index in [1.807, 2.05) is 11.4 Å². The van der Waals surface area contributed by atoms with Crippen LogP contribution in [0.3, 0.4) is 0 Å². The summed E-state index contributed by atoms with van der Waals surface area (Å²) in [5.41, 5.74) is 0. The summed E-state index contributed by atoms with van der Waals surface area (Å²) in [7, 11) is 1.65. The average Bonchev–Trinajstić information content (AvgIpc) is 3.02. The van der Waals surface area contributed by atoms with Crippen molar-refractivity contribution in [3.63, 3.8) is 0 Å². The second-order valence-corrected chi connectivity index (χ2v) is 5.58. The van der Waals surface area contributed by atoms with Crippen LogP contribution in [0.15, 0.2) is 16.0 Å². The van der Waals surface area contributed by atoms with Gasteiger partial charge in [0.25, 0.3) is 5.89 Å². The lowest BCUT2D eigenvalue weighted by Crippen LogP contribution is -2.21. The highest BCUT2D eigenvalue weighted by Gasteiger charge is 2.20. The molecular weight excluding hydrogens is 262 g/mol. The molecule has 1 fully saturated rings. The first-order valence-corrected chi connectivity index (χ1v) is 7.44. The summed E-state index contributed by atoms with van der Waals surface area (Å²) in [5.74, 6) is 2.17. The molecule has 102 valence electrons. The zero-order valence-electron chi connectivity index (χ0n) is 10.9. The van der Waals surface area contributed by atoms with Crippen LogP contribution < -0.4 is 10.1 Å². The van der Waals surface area contributed by atoms with Gasteiger partial charge in [-0.1, -0.05) is 18.0 Å². The van der Waals surface area contributed by atoms with Crippen molar-refractivity contribution in [1.82, 2.24) is 15.5 Å². The molecule has 2 aromatic heterocycles. The fraction of sp³-hybridized carbons (Fsp3) is 0.538. The van der Waals surface area contributed by atoms with Gasteiger partial charge in [-0.05, 0) is 19.4 Å². The van der Waals surface area contributed by atoms with Gasteiger partial charge in [0.05, 0.1) is 18.0 Å². The first-order valence-electron chi connectivity index (χ1n) is 6.56. The molecule has 1 saturated heterocycles. The van der Waals surface area contributed by atoms with E-state index >= 15 is 0 Å². The smallest absolute Gasteiger partial charge is 0.268 e. The van der Waals surface area contributed by atoms with Crippen LogP contribution in [0.2, 0.25) is 0 Å². The molecule has 1 N–H and O–H groups in total. The van der Waals surface area contributed by atoms with Crippen molar-refractivity contribution in [2.45, 2.75) is 31.7 Å². The van der Waals surface area contributed by atoms with Crippen LogP contribution >= 0.6 is 11.3 Å². The molecule has 19 heavy (non-hydrogen) atoms. The van der Waals surface area contributed by atoms with Gasteiger partial charge in [0.1, 0.15) is 5.75 Å². The van der Waals surface area contributed by atoms with Crippen LogP contribution in [-0.2, 0) is 0 Å². The minimum atomic E-state index is 0.224. The third-order valence-corrected chi connectivity index (χ3v) is 4.23. The highest BCUT2D eigenvalue weighted by Crippen LogP contribution is 2.31. The maximum Gasteiger partial charge on any atom is 0.268 e. The molecule has 0 aromatic carbocycles. The van der Waals surface area contributed by atoms with Gasteiger partial charge < -0.3 is 14.6 Å². The van der Waals surface area contributed by atoms with E-state index < -0.39 is 0 Å². The van der Waals surface area contributed by atoms with Gasteiger partial charge in [-0.25, -0.2) is 0 Å². The maximum absolute atomic E-state index is 5.36. The lowest BCUT2D eigenvalue weighted by atomic mass is 10.1. The van der Waals surface area contributed by atoms with E-state index in [9.17, 15) is 0 Å². The monoisotopic (exact) mass is 279 g/mol. The zero-order valence-corrected chi connectivity index (χ0v) is 11.7. The quantitative estimate of drug-likeness (QED) is 0.935. The highest BCUT2D eigenvalue weighted by atomic mass is 32.1. The Labute approximate surface area is 116 Å². The van der Waals surface area contributed by atoms with Gasteiger partial charge in [0.15, 0.2) is 5.82 Å². The van der Waals surface area contributed by atoms with Crippen molar-refractivity contribution in [3.8, 4) is 16.5 Å². The largest absolute Gasteiger partial charge is 0.496 e. The third-order valence-electron chi connectivity index (χ3n) is 3.34. The number of thiophene rings is 1.